The summed E-state index contributed by atoms with van der Waals surface area (Å²) in [5.41, 5.74) is 1.25. The van der Waals surface area contributed by atoms with Crippen LogP contribution in [0.1, 0.15) is 36.2 Å². The van der Waals surface area contributed by atoms with Crippen LogP contribution in [0.25, 0.3) is 0 Å². The third kappa shape index (κ3) is 5.42. The third-order valence-corrected chi connectivity index (χ3v) is 3.79. The highest BCUT2D eigenvalue weighted by atomic mass is 32.1. The second-order valence-corrected chi connectivity index (χ2v) is 5.18. The maximum Gasteiger partial charge on any atom is 0.261 e. The van der Waals surface area contributed by atoms with Gasteiger partial charge >= 0.3 is 0 Å². The monoisotopic (exact) mass is 277 g/mol. The second kappa shape index (κ2) is 8.56. The molecule has 1 unspecified atom stereocenters. The van der Waals surface area contributed by atoms with E-state index in [0.29, 0.717) is 6.61 Å². The molecule has 0 spiro atoms. The van der Waals surface area contributed by atoms with Gasteiger partial charge in [0.25, 0.3) is 6.43 Å². The summed E-state index contributed by atoms with van der Waals surface area (Å²) in [7, 11) is 0. The highest BCUT2D eigenvalue weighted by Crippen LogP contribution is 2.26. The van der Waals surface area contributed by atoms with Gasteiger partial charge in [-0.2, -0.15) is 0 Å². The first kappa shape index (κ1) is 15.5. The van der Waals surface area contributed by atoms with Gasteiger partial charge in [0, 0.05) is 17.5 Å². The molecule has 0 aliphatic rings. The summed E-state index contributed by atoms with van der Waals surface area (Å²) in [6, 6.07) is 2.29. The molecule has 0 saturated carbocycles. The van der Waals surface area contributed by atoms with Crippen LogP contribution in [0.3, 0.4) is 0 Å². The first-order valence-corrected chi connectivity index (χ1v) is 7.16. The van der Waals surface area contributed by atoms with Gasteiger partial charge in [-0.15, -0.1) is 11.3 Å². The van der Waals surface area contributed by atoms with Crippen molar-refractivity contribution in [2.24, 2.45) is 0 Å². The Bertz CT molecular complexity index is 331. The standard InChI is InChI=1S/C13H21F2NOS/c1-3-6-16-11(4-7-17-9-12(14)15)13-10(2)5-8-18-13/h5,8,11-12,16H,3-4,6-7,9H2,1-2H3. The van der Waals surface area contributed by atoms with Crippen LogP contribution in [-0.4, -0.2) is 26.2 Å². The van der Waals surface area contributed by atoms with E-state index in [-0.39, 0.29) is 6.04 Å². The van der Waals surface area contributed by atoms with Crippen LogP contribution in [0.15, 0.2) is 11.4 Å². The van der Waals surface area contributed by atoms with Crippen molar-refractivity contribution in [1.29, 1.82) is 0 Å². The van der Waals surface area contributed by atoms with Gasteiger partial charge in [0.05, 0.1) is 0 Å². The van der Waals surface area contributed by atoms with E-state index >= 15 is 0 Å². The summed E-state index contributed by atoms with van der Waals surface area (Å²) in [5.74, 6) is 0. The largest absolute Gasteiger partial charge is 0.375 e. The molecule has 1 heterocycles. The van der Waals surface area contributed by atoms with Crippen LogP contribution < -0.4 is 5.32 Å². The molecule has 1 aromatic rings. The smallest absolute Gasteiger partial charge is 0.261 e. The van der Waals surface area contributed by atoms with Crippen molar-refractivity contribution in [1.82, 2.24) is 5.32 Å². The van der Waals surface area contributed by atoms with Crippen molar-refractivity contribution < 1.29 is 13.5 Å². The first-order valence-electron chi connectivity index (χ1n) is 6.28. The summed E-state index contributed by atoms with van der Waals surface area (Å²) in [4.78, 5) is 1.28. The molecular formula is C13H21F2NOS. The number of hydrogen-bond acceptors (Lipinski definition) is 3. The lowest BCUT2D eigenvalue weighted by Gasteiger charge is -2.18. The molecule has 0 radical (unpaired) electrons. The van der Waals surface area contributed by atoms with Gasteiger partial charge in [-0.05, 0) is 43.3 Å². The van der Waals surface area contributed by atoms with Crippen LogP contribution in [0, 0.1) is 6.92 Å². The Labute approximate surface area is 111 Å². The zero-order valence-corrected chi connectivity index (χ0v) is 11.7. The van der Waals surface area contributed by atoms with Crippen LogP contribution in [-0.2, 0) is 4.74 Å². The van der Waals surface area contributed by atoms with E-state index < -0.39 is 13.0 Å². The van der Waals surface area contributed by atoms with Crippen LogP contribution in [0.2, 0.25) is 0 Å². The molecule has 0 aliphatic heterocycles. The fraction of sp³-hybridized carbons (Fsp3) is 0.692. The van der Waals surface area contributed by atoms with E-state index in [4.69, 9.17) is 4.74 Å². The number of rotatable bonds is 9. The molecule has 2 nitrogen and oxygen atoms in total. The minimum Gasteiger partial charge on any atom is -0.375 e. The second-order valence-electron chi connectivity index (χ2n) is 4.23. The molecular weight excluding hydrogens is 256 g/mol. The zero-order valence-electron chi connectivity index (χ0n) is 10.9. The first-order chi connectivity index (χ1) is 8.65. The molecule has 5 heteroatoms. The lowest BCUT2D eigenvalue weighted by Crippen LogP contribution is -2.23. The van der Waals surface area contributed by atoms with Crippen LogP contribution in [0.5, 0.6) is 0 Å². The van der Waals surface area contributed by atoms with Gasteiger partial charge in [-0.25, -0.2) is 8.78 Å². The minimum absolute atomic E-state index is 0.211. The number of ether oxygens (including phenoxy) is 1. The summed E-state index contributed by atoms with van der Waals surface area (Å²) < 4.78 is 28.9. The lowest BCUT2D eigenvalue weighted by atomic mass is 10.1. The fourth-order valence-electron chi connectivity index (χ4n) is 1.76. The Balaban J connectivity index is 2.44. The van der Waals surface area contributed by atoms with Crippen molar-refractivity contribution in [3.05, 3.63) is 21.9 Å². The van der Waals surface area contributed by atoms with Crippen molar-refractivity contribution in [2.45, 2.75) is 39.2 Å². The molecule has 1 N–H and O–H groups in total. The fourth-order valence-corrected chi connectivity index (χ4v) is 2.80. The lowest BCUT2D eigenvalue weighted by molar-refractivity contribution is 0.0144. The van der Waals surface area contributed by atoms with Crippen molar-refractivity contribution in [3.63, 3.8) is 0 Å². The molecule has 104 valence electrons. The number of halogens is 2. The quantitative estimate of drug-likeness (QED) is 0.694. The topological polar surface area (TPSA) is 21.3 Å². The highest BCUT2D eigenvalue weighted by Gasteiger charge is 2.14. The van der Waals surface area contributed by atoms with E-state index in [9.17, 15) is 8.78 Å². The Morgan fingerprint density at radius 3 is 2.78 bits per heavy atom. The Morgan fingerprint density at radius 1 is 1.44 bits per heavy atom. The maximum absolute atomic E-state index is 12.0. The summed E-state index contributed by atoms with van der Waals surface area (Å²) in [6.45, 7) is 5.01. The van der Waals surface area contributed by atoms with Crippen molar-refractivity contribution in [3.8, 4) is 0 Å². The van der Waals surface area contributed by atoms with Crippen LogP contribution in [0.4, 0.5) is 8.78 Å². The van der Waals surface area contributed by atoms with E-state index in [1.807, 2.05) is 0 Å². The maximum atomic E-state index is 12.0. The van der Waals surface area contributed by atoms with Gasteiger partial charge in [-0.3, -0.25) is 0 Å². The molecule has 1 aromatic heterocycles. The Kier molecular flexibility index (Phi) is 7.39. The zero-order chi connectivity index (χ0) is 13.4. The molecule has 1 atom stereocenters. The Morgan fingerprint density at radius 2 is 2.22 bits per heavy atom. The van der Waals surface area contributed by atoms with Crippen molar-refractivity contribution >= 4 is 11.3 Å². The summed E-state index contributed by atoms with van der Waals surface area (Å²) >= 11 is 1.71. The minimum atomic E-state index is -2.38. The molecule has 0 amide bonds. The van der Waals surface area contributed by atoms with E-state index in [1.165, 1.54) is 10.4 Å². The number of nitrogens with one attached hydrogen (secondary N) is 1. The number of hydrogen-bond donors (Lipinski definition) is 1. The average molecular weight is 277 g/mol. The molecule has 0 aromatic carbocycles. The van der Waals surface area contributed by atoms with Gasteiger partial charge < -0.3 is 10.1 Å². The molecule has 0 aliphatic carbocycles. The number of alkyl halides is 2. The van der Waals surface area contributed by atoms with E-state index in [0.717, 1.165) is 19.4 Å². The molecule has 0 bridgehead atoms. The van der Waals surface area contributed by atoms with Crippen LogP contribution >= 0.6 is 11.3 Å². The molecule has 18 heavy (non-hydrogen) atoms. The van der Waals surface area contributed by atoms with Gasteiger partial charge in [-0.1, -0.05) is 6.92 Å². The molecule has 0 fully saturated rings. The highest BCUT2D eigenvalue weighted by molar-refractivity contribution is 7.10. The molecule has 0 saturated heterocycles. The van der Waals surface area contributed by atoms with Gasteiger partial charge in [0.1, 0.15) is 6.61 Å². The number of aryl methyl sites for hydroxylation is 1. The number of thiophene rings is 1. The molecule has 1 rings (SSSR count). The predicted octanol–water partition coefficient (Wildman–Crippen LogP) is 3.77. The SMILES string of the molecule is CCCNC(CCOCC(F)F)c1sccc1C. The van der Waals surface area contributed by atoms with Gasteiger partial charge in [0.2, 0.25) is 0 Å². The van der Waals surface area contributed by atoms with Gasteiger partial charge in [0.15, 0.2) is 0 Å². The normalized spacial score (nSPS) is 13.2. The van der Waals surface area contributed by atoms with E-state index in [1.54, 1.807) is 11.3 Å². The van der Waals surface area contributed by atoms with E-state index in [2.05, 4.69) is 30.6 Å². The summed E-state index contributed by atoms with van der Waals surface area (Å²) in [5, 5.41) is 5.50. The third-order valence-electron chi connectivity index (χ3n) is 2.65. The Hall–Kier alpha value is -0.520. The predicted molar refractivity (Wildman–Crippen MR) is 71.5 cm³/mol. The van der Waals surface area contributed by atoms with Crippen molar-refractivity contribution in [2.75, 3.05) is 19.8 Å². The average Bonchev–Trinajstić information content (AvgIpc) is 2.74. The summed E-state index contributed by atoms with van der Waals surface area (Å²) in [6.07, 6.45) is -0.595.